The normalized spacial score (nSPS) is 50.3. The van der Waals surface area contributed by atoms with Gasteiger partial charge < -0.3 is 5.11 Å². The summed E-state index contributed by atoms with van der Waals surface area (Å²) in [5.41, 5.74) is 0.0793. The van der Waals surface area contributed by atoms with Crippen LogP contribution < -0.4 is 0 Å². The highest BCUT2D eigenvalue weighted by molar-refractivity contribution is 5.87. The minimum absolute atomic E-state index is 0.0793. The molecule has 2 nitrogen and oxygen atoms in total. The van der Waals surface area contributed by atoms with Crippen molar-refractivity contribution in [3.05, 3.63) is 0 Å². The van der Waals surface area contributed by atoms with Gasteiger partial charge in [0, 0.05) is 18.9 Å². The minimum atomic E-state index is 0.0793. The van der Waals surface area contributed by atoms with Gasteiger partial charge in [-0.2, -0.15) is 0 Å². The summed E-state index contributed by atoms with van der Waals surface area (Å²) in [5, 5.41) is 7.00. The number of aliphatic hydroxyl groups is 1. The number of hydrogen-bond acceptors (Lipinski definition) is 2. The number of aliphatic hydroxyl groups excluding tert-OH is 1. The molecule has 4 aliphatic rings. The topological polar surface area (TPSA) is 37.3 Å². The fourth-order valence-electron chi connectivity index (χ4n) is 6.86. The Morgan fingerprint density at radius 2 is 1.68 bits per heavy atom. The largest absolute Gasteiger partial charge is 0.400 e. The Morgan fingerprint density at radius 3 is 2.45 bits per heavy atom. The lowest BCUT2D eigenvalue weighted by Gasteiger charge is -2.54. The molecule has 0 aliphatic heterocycles. The maximum Gasteiger partial charge on any atom is 0.139 e. The van der Waals surface area contributed by atoms with Crippen molar-refractivity contribution in [1.82, 2.24) is 0 Å². The smallest absolute Gasteiger partial charge is 0.139 e. The number of carbonyl (C=O) groups excluding carboxylic acids is 1. The van der Waals surface area contributed by atoms with E-state index < -0.39 is 0 Å². The van der Waals surface area contributed by atoms with Crippen molar-refractivity contribution in [1.29, 1.82) is 0 Å². The molecule has 4 rings (SSSR count). The first kappa shape index (κ1) is 16.5. The molecule has 0 amide bonds. The van der Waals surface area contributed by atoms with Gasteiger partial charge in [0.15, 0.2) is 0 Å². The summed E-state index contributed by atoms with van der Waals surface area (Å²) >= 11 is 0. The third-order valence-corrected chi connectivity index (χ3v) is 7.93. The number of Topliss-reactive ketones (excluding diaryl/α,β-unsaturated/α-hetero) is 1. The fourth-order valence-corrected chi connectivity index (χ4v) is 6.86. The SMILES string of the molecule is CC1CCC2C(CCC3C2CCC2(C)C(=O)CCC32)C1.CO. The van der Waals surface area contributed by atoms with Crippen LogP contribution in [-0.4, -0.2) is 18.0 Å². The van der Waals surface area contributed by atoms with E-state index in [-0.39, 0.29) is 5.41 Å². The number of carbonyl (C=O) groups is 1. The highest BCUT2D eigenvalue weighted by Crippen LogP contribution is 2.61. The van der Waals surface area contributed by atoms with E-state index in [2.05, 4.69) is 13.8 Å². The lowest BCUT2D eigenvalue weighted by molar-refractivity contribution is -0.133. The van der Waals surface area contributed by atoms with Crippen LogP contribution in [0.1, 0.15) is 71.6 Å². The van der Waals surface area contributed by atoms with Gasteiger partial charge in [0.2, 0.25) is 0 Å². The van der Waals surface area contributed by atoms with Gasteiger partial charge in [0.05, 0.1) is 0 Å². The molecule has 0 aromatic rings. The lowest BCUT2D eigenvalue weighted by atomic mass is 9.50. The molecule has 7 unspecified atom stereocenters. The van der Waals surface area contributed by atoms with Crippen molar-refractivity contribution in [2.75, 3.05) is 7.11 Å². The Kier molecular flexibility index (Phi) is 4.69. The molecule has 2 heteroatoms. The van der Waals surface area contributed by atoms with Gasteiger partial charge in [-0.25, -0.2) is 0 Å². The Balaban J connectivity index is 0.000000693. The predicted octanol–water partition coefficient (Wildman–Crippen LogP) is 4.45. The molecule has 22 heavy (non-hydrogen) atoms. The van der Waals surface area contributed by atoms with Crippen molar-refractivity contribution in [3.63, 3.8) is 0 Å². The first-order valence-corrected chi connectivity index (χ1v) is 9.57. The molecule has 0 heterocycles. The van der Waals surface area contributed by atoms with E-state index in [1.165, 1.54) is 51.4 Å². The van der Waals surface area contributed by atoms with Crippen LogP contribution in [0, 0.1) is 40.9 Å². The van der Waals surface area contributed by atoms with E-state index in [1.807, 2.05) is 0 Å². The van der Waals surface area contributed by atoms with Crippen LogP contribution in [0.15, 0.2) is 0 Å². The number of ketones is 1. The maximum absolute atomic E-state index is 12.3. The molecule has 0 aromatic carbocycles. The second-order valence-corrected chi connectivity index (χ2v) is 8.77. The molecule has 0 bridgehead atoms. The molecule has 4 saturated carbocycles. The highest BCUT2D eigenvalue weighted by Gasteiger charge is 2.56. The summed E-state index contributed by atoms with van der Waals surface area (Å²) in [7, 11) is 1.00. The molecule has 126 valence electrons. The lowest BCUT2D eigenvalue weighted by Crippen LogP contribution is -2.48. The Hall–Kier alpha value is -0.370. The summed E-state index contributed by atoms with van der Waals surface area (Å²) in [6, 6.07) is 0. The summed E-state index contributed by atoms with van der Waals surface area (Å²) < 4.78 is 0. The van der Waals surface area contributed by atoms with Crippen LogP contribution >= 0.6 is 0 Å². The van der Waals surface area contributed by atoms with Crippen LogP contribution in [0.4, 0.5) is 0 Å². The molecule has 0 radical (unpaired) electrons. The average molecular weight is 306 g/mol. The monoisotopic (exact) mass is 306 g/mol. The van der Waals surface area contributed by atoms with E-state index in [4.69, 9.17) is 5.11 Å². The minimum Gasteiger partial charge on any atom is -0.400 e. The Labute approximate surface area is 136 Å². The van der Waals surface area contributed by atoms with Gasteiger partial charge in [-0.3, -0.25) is 4.79 Å². The summed E-state index contributed by atoms with van der Waals surface area (Å²) in [5.74, 6) is 6.23. The van der Waals surface area contributed by atoms with Gasteiger partial charge in [-0.15, -0.1) is 0 Å². The van der Waals surface area contributed by atoms with Crippen molar-refractivity contribution >= 4 is 5.78 Å². The Bertz CT molecular complexity index is 418. The number of rotatable bonds is 0. The first-order chi connectivity index (χ1) is 10.6. The van der Waals surface area contributed by atoms with Crippen molar-refractivity contribution in [2.45, 2.75) is 71.6 Å². The van der Waals surface area contributed by atoms with Gasteiger partial charge in [0.1, 0.15) is 5.78 Å². The molecule has 0 aromatic heterocycles. The molecule has 4 fully saturated rings. The predicted molar refractivity (Wildman–Crippen MR) is 89.4 cm³/mol. The van der Waals surface area contributed by atoms with Crippen LogP contribution in [0.3, 0.4) is 0 Å². The van der Waals surface area contributed by atoms with Gasteiger partial charge in [-0.05, 0) is 80.5 Å². The molecular formula is C20H34O2. The van der Waals surface area contributed by atoms with Gasteiger partial charge in [0.25, 0.3) is 0 Å². The zero-order valence-corrected chi connectivity index (χ0v) is 14.7. The standard InChI is InChI=1S/C19H30O.CH4O/c1-12-3-5-14-13(11-12)4-6-16-15(14)9-10-19(2)17(16)7-8-18(19)20;1-2/h12-17H,3-11H2,1-2H3;2H,1H3. The van der Waals surface area contributed by atoms with Crippen LogP contribution in [0.2, 0.25) is 0 Å². The molecular weight excluding hydrogens is 272 g/mol. The third kappa shape index (κ3) is 2.46. The van der Waals surface area contributed by atoms with Crippen LogP contribution in [0.5, 0.6) is 0 Å². The zero-order valence-electron chi connectivity index (χ0n) is 14.7. The molecule has 4 aliphatic carbocycles. The zero-order chi connectivity index (χ0) is 15.9. The van der Waals surface area contributed by atoms with Crippen LogP contribution in [-0.2, 0) is 4.79 Å². The van der Waals surface area contributed by atoms with E-state index >= 15 is 0 Å². The van der Waals surface area contributed by atoms with Crippen molar-refractivity contribution in [3.8, 4) is 0 Å². The van der Waals surface area contributed by atoms with E-state index in [9.17, 15) is 4.79 Å². The van der Waals surface area contributed by atoms with E-state index in [1.54, 1.807) is 0 Å². The fraction of sp³-hybridized carbons (Fsp3) is 0.950. The third-order valence-electron chi connectivity index (χ3n) is 7.93. The van der Waals surface area contributed by atoms with Gasteiger partial charge >= 0.3 is 0 Å². The summed E-state index contributed by atoms with van der Waals surface area (Å²) in [6.07, 6.45) is 12.0. The summed E-state index contributed by atoms with van der Waals surface area (Å²) in [6.45, 7) is 4.76. The van der Waals surface area contributed by atoms with Crippen LogP contribution in [0.25, 0.3) is 0 Å². The van der Waals surface area contributed by atoms with Crippen molar-refractivity contribution < 1.29 is 9.90 Å². The molecule has 0 saturated heterocycles. The molecule has 7 atom stereocenters. The first-order valence-electron chi connectivity index (χ1n) is 9.57. The van der Waals surface area contributed by atoms with Crippen molar-refractivity contribution in [2.24, 2.45) is 40.9 Å². The Morgan fingerprint density at radius 1 is 0.955 bits per heavy atom. The quantitative estimate of drug-likeness (QED) is 0.718. The second kappa shape index (κ2) is 6.26. The molecule has 1 N–H and O–H groups in total. The van der Waals surface area contributed by atoms with E-state index in [0.717, 1.165) is 49.0 Å². The number of hydrogen-bond donors (Lipinski definition) is 1. The van der Waals surface area contributed by atoms with Gasteiger partial charge in [-0.1, -0.05) is 20.3 Å². The molecule has 0 spiro atoms. The summed E-state index contributed by atoms with van der Waals surface area (Å²) in [4.78, 5) is 12.3. The maximum atomic E-state index is 12.3. The van der Waals surface area contributed by atoms with E-state index in [0.29, 0.717) is 5.78 Å². The average Bonchev–Trinajstić information content (AvgIpc) is 2.84. The highest BCUT2D eigenvalue weighted by atomic mass is 16.2. The second-order valence-electron chi connectivity index (χ2n) is 8.77. The number of fused-ring (bicyclic) bond motifs is 5.